The van der Waals surface area contributed by atoms with Crippen LogP contribution in [-0.2, 0) is 11.3 Å². The minimum Gasteiger partial charge on any atom is -0.507 e. The molecule has 1 aromatic carbocycles. The fraction of sp³-hybridized carbons (Fsp3) is 0.154. The number of hydrogen-bond donors (Lipinski definition) is 2. The number of hydrogen-bond acceptors (Lipinski definition) is 6. The second-order valence-corrected chi connectivity index (χ2v) is 4.45. The quantitative estimate of drug-likeness (QED) is 0.483. The first kappa shape index (κ1) is 15.2. The maximum atomic E-state index is 11.6. The van der Waals surface area contributed by atoms with Crippen LogP contribution >= 0.6 is 0 Å². The van der Waals surface area contributed by atoms with Crippen LogP contribution in [0.15, 0.2) is 35.6 Å². The van der Waals surface area contributed by atoms with Crippen molar-refractivity contribution < 1.29 is 14.8 Å². The highest BCUT2D eigenvalue weighted by Crippen LogP contribution is 2.21. The Morgan fingerprint density at radius 2 is 2.32 bits per heavy atom. The van der Waals surface area contributed by atoms with E-state index in [1.165, 1.54) is 16.8 Å². The molecule has 1 aromatic heterocycles. The summed E-state index contributed by atoms with van der Waals surface area (Å²) in [5, 5.41) is 27.9. The highest BCUT2D eigenvalue weighted by Gasteiger charge is 2.09. The lowest BCUT2D eigenvalue weighted by molar-refractivity contribution is -0.384. The van der Waals surface area contributed by atoms with Crippen LogP contribution in [0, 0.1) is 17.0 Å². The number of non-ortho nitro benzene ring substituents is 1. The number of benzene rings is 1. The minimum atomic E-state index is -0.588. The molecule has 0 spiro atoms. The number of aromatic nitrogens is 2. The zero-order chi connectivity index (χ0) is 16.1. The molecule has 2 aromatic rings. The van der Waals surface area contributed by atoms with Crippen LogP contribution in [0.2, 0.25) is 0 Å². The summed E-state index contributed by atoms with van der Waals surface area (Å²) in [6.07, 6.45) is 2.79. The van der Waals surface area contributed by atoms with Crippen LogP contribution in [-0.4, -0.2) is 31.9 Å². The van der Waals surface area contributed by atoms with Gasteiger partial charge in [0.05, 0.1) is 16.8 Å². The topological polar surface area (TPSA) is 123 Å². The Morgan fingerprint density at radius 3 is 2.95 bits per heavy atom. The zero-order valence-corrected chi connectivity index (χ0v) is 11.6. The molecule has 0 fully saturated rings. The number of aromatic hydroxyl groups is 1. The first-order valence-electron chi connectivity index (χ1n) is 6.25. The zero-order valence-electron chi connectivity index (χ0n) is 11.6. The van der Waals surface area contributed by atoms with Gasteiger partial charge in [-0.25, -0.2) is 5.43 Å². The average molecular weight is 303 g/mol. The largest absolute Gasteiger partial charge is 0.507 e. The first-order valence-corrected chi connectivity index (χ1v) is 6.25. The van der Waals surface area contributed by atoms with Crippen molar-refractivity contribution in [3.8, 4) is 5.75 Å². The van der Waals surface area contributed by atoms with E-state index in [0.29, 0.717) is 0 Å². The number of hydrazone groups is 1. The van der Waals surface area contributed by atoms with Gasteiger partial charge >= 0.3 is 0 Å². The second-order valence-electron chi connectivity index (χ2n) is 4.45. The molecular weight excluding hydrogens is 290 g/mol. The van der Waals surface area contributed by atoms with Crippen LogP contribution in [0.1, 0.15) is 11.3 Å². The van der Waals surface area contributed by atoms with Gasteiger partial charge in [0, 0.05) is 23.9 Å². The van der Waals surface area contributed by atoms with Crippen LogP contribution in [0.4, 0.5) is 5.69 Å². The molecule has 0 atom stereocenters. The third-order valence-electron chi connectivity index (χ3n) is 2.69. The maximum Gasteiger partial charge on any atom is 0.270 e. The molecule has 1 amide bonds. The molecule has 1 heterocycles. The average Bonchev–Trinajstić information content (AvgIpc) is 2.85. The molecule has 9 nitrogen and oxygen atoms in total. The van der Waals surface area contributed by atoms with E-state index in [1.807, 2.05) is 0 Å². The summed E-state index contributed by atoms with van der Waals surface area (Å²) in [4.78, 5) is 21.7. The molecule has 0 radical (unpaired) electrons. The molecule has 0 unspecified atom stereocenters. The number of carbonyl (C=O) groups is 1. The molecule has 0 aliphatic carbocycles. The van der Waals surface area contributed by atoms with Gasteiger partial charge in [0.2, 0.25) is 0 Å². The number of amides is 1. The lowest BCUT2D eigenvalue weighted by Crippen LogP contribution is -2.23. The molecule has 22 heavy (non-hydrogen) atoms. The predicted molar refractivity (Wildman–Crippen MR) is 77.5 cm³/mol. The summed E-state index contributed by atoms with van der Waals surface area (Å²) in [6.45, 7) is 1.80. The van der Waals surface area contributed by atoms with Crippen molar-refractivity contribution in [2.24, 2.45) is 5.10 Å². The van der Waals surface area contributed by atoms with Gasteiger partial charge in [0.15, 0.2) is 0 Å². The van der Waals surface area contributed by atoms with Gasteiger partial charge in [-0.15, -0.1) is 0 Å². The summed E-state index contributed by atoms with van der Waals surface area (Å²) < 4.78 is 1.45. The van der Waals surface area contributed by atoms with Gasteiger partial charge in [0.1, 0.15) is 12.3 Å². The van der Waals surface area contributed by atoms with Crippen LogP contribution in [0.3, 0.4) is 0 Å². The maximum absolute atomic E-state index is 11.6. The number of nitrogens with one attached hydrogen (secondary N) is 1. The van der Waals surface area contributed by atoms with Crippen molar-refractivity contribution in [2.75, 3.05) is 0 Å². The number of nitro benzene ring substituents is 1. The number of nitro groups is 1. The highest BCUT2D eigenvalue weighted by atomic mass is 16.6. The van der Waals surface area contributed by atoms with E-state index in [1.54, 1.807) is 19.2 Å². The predicted octanol–water partition coefficient (Wildman–Crippen LogP) is 0.956. The molecule has 2 N–H and O–H groups in total. The Labute approximate surface area is 125 Å². The summed E-state index contributed by atoms with van der Waals surface area (Å²) in [7, 11) is 0. The summed E-state index contributed by atoms with van der Waals surface area (Å²) >= 11 is 0. The molecule has 0 saturated carbocycles. The van der Waals surface area contributed by atoms with Crippen molar-refractivity contribution in [3.05, 3.63) is 51.8 Å². The van der Waals surface area contributed by atoms with E-state index in [0.717, 1.165) is 18.0 Å². The number of nitrogens with zero attached hydrogens (tertiary/aromatic N) is 4. The van der Waals surface area contributed by atoms with Crippen molar-refractivity contribution in [1.82, 2.24) is 15.2 Å². The minimum absolute atomic E-state index is 0.00784. The molecule has 0 bridgehead atoms. The lowest BCUT2D eigenvalue weighted by Gasteiger charge is -2.01. The monoisotopic (exact) mass is 303 g/mol. The molecule has 9 heteroatoms. The SMILES string of the molecule is Cc1ccn(CC(=O)N/N=C/c2cc([N+](=O)[O-])ccc2O)n1. The van der Waals surface area contributed by atoms with Gasteiger partial charge in [0.25, 0.3) is 11.6 Å². The summed E-state index contributed by atoms with van der Waals surface area (Å²) in [6, 6.07) is 5.28. The summed E-state index contributed by atoms with van der Waals surface area (Å²) in [5.74, 6) is -0.587. The fourth-order valence-corrected chi connectivity index (χ4v) is 1.67. The van der Waals surface area contributed by atoms with Gasteiger partial charge in [-0.05, 0) is 19.1 Å². The van der Waals surface area contributed by atoms with E-state index in [-0.39, 0.29) is 23.5 Å². The molecule has 114 valence electrons. The summed E-state index contributed by atoms with van der Waals surface area (Å²) in [5.41, 5.74) is 2.99. The van der Waals surface area contributed by atoms with E-state index in [4.69, 9.17) is 0 Å². The number of rotatable bonds is 5. The van der Waals surface area contributed by atoms with Crippen molar-refractivity contribution in [3.63, 3.8) is 0 Å². The highest BCUT2D eigenvalue weighted by molar-refractivity contribution is 5.85. The Hall–Kier alpha value is -3.23. The van der Waals surface area contributed by atoms with Crippen LogP contribution in [0.25, 0.3) is 0 Å². The third-order valence-corrected chi connectivity index (χ3v) is 2.69. The standard InChI is InChI=1S/C13H13N5O4/c1-9-4-5-17(16-9)8-13(20)15-14-7-10-6-11(18(21)22)2-3-12(10)19/h2-7,19H,8H2,1H3,(H,15,20)/b14-7+. The van der Waals surface area contributed by atoms with Crippen molar-refractivity contribution >= 4 is 17.8 Å². The molecular formula is C13H13N5O4. The Morgan fingerprint density at radius 1 is 1.55 bits per heavy atom. The van der Waals surface area contributed by atoms with Crippen molar-refractivity contribution in [2.45, 2.75) is 13.5 Å². The van der Waals surface area contributed by atoms with Crippen LogP contribution < -0.4 is 5.43 Å². The second kappa shape index (κ2) is 6.48. The van der Waals surface area contributed by atoms with E-state index >= 15 is 0 Å². The number of carbonyl (C=O) groups excluding carboxylic acids is 1. The number of phenolic OH excluding ortho intramolecular Hbond substituents is 1. The van der Waals surface area contributed by atoms with Gasteiger partial charge < -0.3 is 5.11 Å². The molecule has 0 saturated heterocycles. The smallest absolute Gasteiger partial charge is 0.270 e. The lowest BCUT2D eigenvalue weighted by atomic mass is 10.2. The molecule has 2 rings (SSSR count). The molecule has 0 aliphatic heterocycles. The van der Waals surface area contributed by atoms with E-state index in [2.05, 4.69) is 15.6 Å². The first-order chi connectivity index (χ1) is 10.5. The van der Waals surface area contributed by atoms with Gasteiger partial charge in [-0.3, -0.25) is 19.6 Å². The third kappa shape index (κ3) is 3.88. The molecule has 0 aliphatic rings. The Balaban J connectivity index is 1.98. The number of aryl methyl sites for hydroxylation is 1. The van der Waals surface area contributed by atoms with E-state index in [9.17, 15) is 20.0 Å². The number of phenols is 1. The normalized spacial score (nSPS) is 10.8. The van der Waals surface area contributed by atoms with E-state index < -0.39 is 10.8 Å². The van der Waals surface area contributed by atoms with Gasteiger partial charge in [-0.2, -0.15) is 10.2 Å². The Kier molecular flexibility index (Phi) is 4.47. The Bertz CT molecular complexity index is 738. The fourth-order valence-electron chi connectivity index (χ4n) is 1.67. The van der Waals surface area contributed by atoms with Crippen LogP contribution in [0.5, 0.6) is 5.75 Å². The van der Waals surface area contributed by atoms with Crippen molar-refractivity contribution in [1.29, 1.82) is 0 Å². The van der Waals surface area contributed by atoms with Gasteiger partial charge in [-0.1, -0.05) is 0 Å².